The molecule has 0 aliphatic carbocycles. The number of nitrogens with two attached hydrogens (primary N) is 1. The van der Waals surface area contributed by atoms with Gasteiger partial charge < -0.3 is 4.74 Å². The van der Waals surface area contributed by atoms with Gasteiger partial charge in [0.15, 0.2) is 0 Å². The van der Waals surface area contributed by atoms with Gasteiger partial charge in [0, 0.05) is 0 Å². The van der Waals surface area contributed by atoms with Crippen molar-refractivity contribution in [3.63, 3.8) is 0 Å². The first-order valence-corrected chi connectivity index (χ1v) is 1.89. The fourth-order valence-corrected chi connectivity index (χ4v) is 0.161. The molecule has 0 fully saturated rings. The predicted molar refractivity (Wildman–Crippen MR) is 23.3 cm³/mol. The molecule has 2 N–H and O–H groups in total. The Bertz CT molecular complexity index is 64.0. The van der Waals surface area contributed by atoms with E-state index in [2.05, 4.69) is 16.0 Å². The van der Waals surface area contributed by atoms with E-state index in [4.69, 9.17) is 0 Å². The van der Waals surface area contributed by atoms with Gasteiger partial charge in [-0.1, -0.05) is 0 Å². The molecule has 0 aliphatic rings. The van der Waals surface area contributed by atoms with E-state index < -0.39 is 6.09 Å². The summed E-state index contributed by atoms with van der Waals surface area (Å²) in [5.41, 5.74) is 2.72. The second kappa shape index (κ2) is 3.42. The minimum atomic E-state index is -0.720. The molecular formula is C3H7N2O2. The van der Waals surface area contributed by atoms with Gasteiger partial charge in [-0.05, 0) is 6.92 Å². The molecule has 0 aliphatic heterocycles. The van der Waals surface area contributed by atoms with Gasteiger partial charge in [-0.2, -0.15) is 0 Å². The monoisotopic (exact) mass is 103 g/mol. The third kappa shape index (κ3) is 3.05. The van der Waals surface area contributed by atoms with Crippen LogP contribution in [0.1, 0.15) is 6.92 Å². The Morgan fingerprint density at radius 1 is 2.00 bits per heavy atom. The van der Waals surface area contributed by atoms with Crippen LogP contribution in [0.3, 0.4) is 0 Å². The molecule has 0 saturated carbocycles. The van der Waals surface area contributed by atoms with E-state index in [0.717, 1.165) is 0 Å². The van der Waals surface area contributed by atoms with Gasteiger partial charge in [-0.25, -0.2) is 10.6 Å². The zero-order chi connectivity index (χ0) is 5.70. The van der Waals surface area contributed by atoms with Crippen LogP contribution in [0.5, 0.6) is 0 Å². The van der Waals surface area contributed by atoms with E-state index in [1.165, 1.54) is 0 Å². The van der Waals surface area contributed by atoms with Crippen LogP contribution >= 0.6 is 0 Å². The summed E-state index contributed by atoms with van der Waals surface area (Å²) in [4.78, 5) is 9.90. The lowest BCUT2D eigenvalue weighted by atomic mass is 10.9. The number of hydrogen-bond acceptors (Lipinski definition) is 3. The van der Waals surface area contributed by atoms with Crippen molar-refractivity contribution < 1.29 is 9.53 Å². The molecule has 0 unspecified atom stereocenters. The Hall–Kier alpha value is -0.770. The van der Waals surface area contributed by atoms with Crippen LogP contribution in [-0.2, 0) is 4.74 Å². The lowest BCUT2D eigenvalue weighted by Gasteiger charge is -1.92. The van der Waals surface area contributed by atoms with E-state index in [1.807, 2.05) is 0 Å². The molecule has 4 heteroatoms. The van der Waals surface area contributed by atoms with Gasteiger partial charge in [-0.15, -0.1) is 5.43 Å². The van der Waals surface area contributed by atoms with E-state index >= 15 is 0 Å². The average Bonchev–Trinajstić information content (AvgIpc) is 1.68. The normalized spacial score (nSPS) is 7.71. The molecule has 0 aromatic heterocycles. The van der Waals surface area contributed by atoms with Gasteiger partial charge in [0.1, 0.15) is 0 Å². The third-order valence-electron chi connectivity index (χ3n) is 0.373. The summed E-state index contributed by atoms with van der Waals surface area (Å²) in [5, 5.41) is 0. The van der Waals surface area contributed by atoms with E-state index in [1.54, 1.807) is 6.92 Å². The lowest BCUT2D eigenvalue weighted by Crippen LogP contribution is -2.22. The quantitative estimate of drug-likeness (QED) is 0.279. The van der Waals surface area contributed by atoms with Crippen molar-refractivity contribution in [2.24, 2.45) is 5.84 Å². The van der Waals surface area contributed by atoms with Crippen LogP contribution in [0.2, 0.25) is 0 Å². The highest BCUT2D eigenvalue weighted by atomic mass is 16.5. The van der Waals surface area contributed by atoms with E-state index in [9.17, 15) is 4.79 Å². The van der Waals surface area contributed by atoms with Crippen LogP contribution in [0, 0.1) is 0 Å². The SMILES string of the molecule is CCOC(=O)[N]N. The van der Waals surface area contributed by atoms with Crippen molar-refractivity contribution in [3.8, 4) is 0 Å². The number of nitrogens with zero attached hydrogens (tertiary/aromatic N) is 1. The summed E-state index contributed by atoms with van der Waals surface area (Å²) < 4.78 is 4.26. The van der Waals surface area contributed by atoms with Crippen molar-refractivity contribution in [2.45, 2.75) is 6.92 Å². The molecule has 0 atom stereocenters. The van der Waals surface area contributed by atoms with Gasteiger partial charge in [0.05, 0.1) is 6.61 Å². The average molecular weight is 103 g/mol. The van der Waals surface area contributed by atoms with E-state index in [-0.39, 0.29) is 0 Å². The van der Waals surface area contributed by atoms with Gasteiger partial charge in [-0.3, -0.25) is 0 Å². The van der Waals surface area contributed by atoms with Gasteiger partial charge in [0.2, 0.25) is 0 Å². The Kier molecular flexibility index (Phi) is 3.04. The minimum absolute atomic E-state index is 0.319. The molecule has 0 saturated heterocycles. The van der Waals surface area contributed by atoms with E-state index in [0.29, 0.717) is 6.61 Å². The molecule has 0 aromatic carbocycles. The van der Waals surface area contributed by atoms with Crippen LogP contribution in [0.4, 0.5) is 4.79 Å². The molecule has 0 heterocycles. The zero-order valence-electron chi connectivity index (χ0n) is 4.05. The molecule has 0 bridgehead atoms. The molecule has 41 valence electrons. The van der Waals surface area contributed by atoms with Crippen molar-refractivity contribution >= 4 is 6.09 Å². The van der Waals surface area contributed by atoms with Crippen molar-refractivity contribution in [1.29, 1.82) is 0 Å². The molecule has 7 heavy (non-hydrogen) atoms. The Balaban J connectivity index is 3.00. The topological polar surface area (TPSA) is 66.4 Å². The molecule has 0 rings (SSSR count). The van der Waals surface area contributed by atoms with Crippen molar-refractivity contribution in [1.82, 2.24) is 5.43 Å². The predicted octanol–water partition coefficient (Wildman–Crippen LogP) is -0.379. The van der Waals surface area contributed by atoms with Gasteiger partial charge in [0.25, 0.3) is 0 Å². The molecular weight excluding hydrogens is 96.0 g/mol. The molecule has 0 aromatic rings. The molecule has 0 spiro atoms. The second-order valence-corrected chi connectivity index (χ2v) is 0.828. The summed E-state index contributed by atoms with van der Waals surface area (Å²) >= 11 is 0. The number of hydrogen-bond donors (Lipinski definition) is 1. The van der Waals surface area contributed by atoms with Crippen LogP contribution in [0.25, 0.3) is 0 Å². The van der Waals surface area contributed by atoms with Crippen LogP contribution < -0.4 is 11.3 Å². The highest BCUT2D eigenvalue weighted by Gasteiger charge is 1.93. The first-order valence-electron chi connectivity index (χ1n) is 1.89. The first-order chi connectivity index (χ1) is 3.31. The number of carbonyl (C=O) groups is 1. The maximum atomic E-state index is 9.90. The highest BCUT2D eigenvalue weighted by molar-refractivity contribution is 5.65. The summed E-state index contributed by atoms with van der Waals surface area (Å²) in [6, 6.07) is 0. The fraction of sp³-hybridized carbons (Fsp3) is 0.667. The highest BCUT2D eigenvalue weighted by Crippen LogP contribution is 1.71. The summed E-state index contributed by atoms with van der Waals surface area (Å²) in [6.45, 7) is 2.00. The summed E-state index contributed by atoms with van der Waals surface area (Å²) in [6.07, 6.45) is -0.720. The maximum Gasteiger partial charge on any atom is 0.445 e. The van der Waals surface area contributed by atoms with Crippen molar-refractivity contribution in [2.75, 3.05) is 6.61 Å². The zero-order valence-corrected chi connectivity index (χ0v) is 4.05. The third-order valence-corrected chi connectivity index (χ3v) is 0.373. The smallest absolute Gasteiger partial charge is 0.445 e. The first kappa shape index (κ1) is 6.23. The minimum Gasteiger partial charge on any atom is -0.447 e. The maximum absolute atomic E-state index is 9.90. The number of ether oxygens (including phenoxy) is 1. The number of rotatable bonds is 1. The largest absolute Gasteiger partial charge is 0.447 e. The number of carbonyl (C=O) groups excluding carboxylic acids is 1. The molecule has 4 nitrogen and oxygen atoms in total. The lowest BCUT2D eigenvalue weighted by molar-refractivity contribution is 0.151. The number of amides is 1. The summed E-state index contributed by atoms with van der Waals surface area (Å²) in [7, 11) is 0. The Labute approximate surface area is 41.6 Å². The van der Waals surface area contributed by atoms with Crippen LogP contribution in [-0.4, -0.2) is 12.7 Å². The molecule has 1 radical (unpaired) electrons. The Morgan fingerprint density at radius 3 is 2.71 bits per heavy atom. The Morgan fingerprint density at radius 2 is 2.57 bits per heavy atom. The molecule has 1 amide bonds. The summed E-state index contributed by atoms with van der Waals surface area (Å²) in [5.74, 6) is 4.51. The fourth-order valence-electron chi connectivity index (χ4n) is 0.161. The standard InChI is InChI=1S/C3H7N2O2/c1-2-7-3(6)5-4/h2,4H2,1H3. The van der Waals surface area contributed by atoms with Crippen LogP contribution in [0.15, 0.2) is 0 Å². The second-order valence-electron chi connectivity index (χ2n) is 0.828. The van der Waals surface area contributed by atoms with Crippen molar-refractivity contribution in [3.05, 3.63) is 0 Å². The van der Waals surface area contributed by atoms with Gasteiger partial charge >= 0.3 is 6.09 Å².